The molecule has 5 rings (SSSR count). The van der Waals surface area contributed by atoms with E-state index >= 15 is 0 Å². The van der Waals surface area contributed by atoms with Crippen LogP contribution in [0.3, 0.4) is 0 Å². The normalized spacial score (nSPS) is 21.7. The van der Waals surface area contributed by atoms with Gasteiger partial charge in [-0.2, -0.15) is 5.26 Å². The number of carbonyl (C=O) groups is 1. The van der Waals surface area contributed by atoms with Crippen LogP contribution in [0, 0.1) is 23.2 Å². The molecule has 2 aliphatic rings. The second-order valence-corrected chi connectivity index (χ2v) is 10.2. The highest BCUT2D eigenvalue weighted by atomic mass is 16.1. The molecule has 1 saturated heterocycles. The van der Waals surface area contributed by atoms with Crippen LogP contribution >= 0.6 is 0 Å². The molecule has 2 fully saturated rings. The predicted molar refractivity (Wildman–Crippen MR) is 144 cm³/mol. The zero-order valence-electron chi connectivity index (χ0n) is 21.0. The molecule has 0 radical (unpaired) electrons. The molecule has 0 bridgehead atoms. The number of aromatic nitrogens is 3. The Balaban J connectivity index is 1.25. The van der Waals surface area contributed by atoms with Crippen molar-refractivity contribution in [1.82, 2.24) is 15.0 Å². The van der Waals surface area contributed by atoms with Crippen molar-refractivity contribution in [3.8, 4) is 17.2 Å². The Morgan fingerprint density at radius 2 is 1.92 bits per heavy atom. The number of primary amides is 1. The molecule has 8 heteroatoms. The summed E-state index contributed by atoms with van der Waals surface area (Å²) in [4.78, 5) is 27.2. The fourth-order valence-corrected chi connectivity index (χ4v) is 5.85. The van der Waals surface area contributed by atoms with Crippen LogP contribution in [0.15, 0.2) is 55.0 Å². The summed E-state index contributed by atoms with van der Waals surface area (Å²) in [6.07, 6.45) is 13.5. The highest BCUT2D eigenvalue weighted by Gasteiger charge is 2.30. The molecule has 1 aliphatic heterocycles. The molecule has 8 nitrogen and oxygen atoms in total. The monoisotopic (exact) mass is 495 g/mol. The molecule has 0 unspecified atom stereocenters. The third-order valence-corrected chi connectivity index (χ3v) is 7.71. The molecular formula is C29H33N7O. The Kier molecular flexibility index (Phi) is 7.59. The summed E-state index contributed by atoms with van der Waals surface area (Å²) in [6.45, 7) is 1.96. The van der Waals surface area contributed by atoms with Crippen LogP contribution in [0.25, 0.3) is 11.1 Å². The summed E-state index contributed by atoms with van der Waals surface area (Å²) in [5, 5.41) is 12.8. The molecule has 2 aromatic heterocycles. The summed E-state index contributed by atoms with van der Waals surface area (Å²) in [5.41, 5.74) is 8.30. The van der Waals surface area contributed by atoms with Gasteiger partial charge in [0.1, 0.15) is 17.7 Å². The number of rotatable bonds is 7. The summed E-state index contributed by atoms with van der Waals surface area (Å²) < 4.78 is 0. The van der Waals surface area contributed by atoms with Crippen molar-refractivity contribution in [3.63, 3.8) is 0 Å². The zero-order chi connectivity index (χ0) is 25.6. The van der Waals surface area contributed by atoms with Gasteiger partial charge in [-0.3, -0.25) is 4.79 Å². The first-order valence-corrected chi connectivity index (χ1v) is 13.2. The summed E-state index contributed by atoms with van der Waals surface area (Å²) in [7, 11) is 0. The average molecular weight is 496 g/mol. The van der Waals surface area contributed by atoms with Gasteiger partial charge in [0.2, 0.25) is 5.91 Å². The van der Waals surface area contributed by atoms with Crippen molar-refractivity contribution >= 4 is 17.5 Å². The third kappa shape index (κ3) is 6.05. The first-order chi connectivity index (χ1) is 18.1. The maximum Gasteiger partial charge on any atom is 0.248 e. The molecule has 3 heterocycles. The van der Waals surface area contributed by atoms with E-state index in [1.54, 1.807) is 18.5 Å². The van der Waals surface area contributed by atoms with Crippen molar-refractivity contribution in [3.05, 3.63) is 66.2 Å². The number of hydrogen-bond acceptors (Lipinski definition) is 7. The zero-order valence-corrected chi connectivity index (χ0v) is 21.0. The van der Waals surface area contributed by atoms with Gasteiger partial charge in [0.05, 0.1) is 12.4 Å². The number of benzene rings is 1. The number of nitrogens with one attached hydrogen (secondary N) is 1. The lowest BCUT2D eigenvalue weighted by atomic mass is 9.77. The Morgan fingerprint density at radius 3 is 2.73 bits per heavy atom. The lowest BCUT2D eigenvalue weighted by molar-refractivity contribution is 0.100. The predicted octanol–water partition coefficient (Wildman–Crippen LogP) is 4.79. The fourth-order valence-electron chi connectivity index (χ4n) is 5.85. The van der Waals surface area contributed by atoms with Gasteiger partial charge in [-0.15, -0.1) is 0 Å². The van der Waals surface area contributed by atoms with Gasteiger partial charge < -0.3 is 16.0 Å². The van der Waals surface area contributed by atoms with Crippen LogP contribution in [0.1, 0.15) is 61.0 Å². The Morgan fingerprint density at radius 1 is 1.05 bits per heavy atom. The summed E-state index contributed by atoms with van der Waals surface area (Å²) in [5.74, 6) is 2.51. The summed E-state index contributed by atoms with van der Waals surface area (Å²) in [6, 6.07) is 13.9. The fraction of sp³-hybridized carbons (Fsp3) is 0.414. The van der Waals surface area contributed by atoms with Gasteiger partial charge in [-0.25, -0.2) is 15.0 Å². The number of piperidine rings is 1. The van der Waals surface area contributed by atoms with Crippen LogP contribution in [0.2, 0.25) is 0 Å². The van der Waals surface area contributed by atoms with Gasteiger partial charge >= 0.3 is 0 Å². The Labute approximate surface area is 218 Å². The van der Waals surface area contributed by atoms with Crippen molar-refractivity contribution in [2.75, 3.05) is 23.3 Å². The molecule has 190 valence electrons. The van der Waals surface area contributed by atoms with Gasteiger partial charge in [0.15, 0.2) is 5.69 Å². The number of hydrogen-bond donors (Lipinski definition) is 2. The smallest absolute Gasteiger partial charge is 0.248 e. The van der Waals surface area contributed by atoms with E-state index in [1.807, 2.05) is 36.5 Å². The maximum absolute atomic E-state index is 11.6. The minimum atomic E-state index is -0.424. The molecule has 3 atom stereocenters. The van der Waals surface area contributed by atoms with Gasteiger partial charge in [-0.1, -0.05) is 25.0 Å². The minimum Gasteiger partial charge on any atom is -0.367 e. The van der Waals surface area contributed by atoms with Crippen LogP contribution in [0.4, 0.5) is 11.6 Å². The van der Waals surface area contributed by atoms with Crippen LogP contribution < -0.4 is 16.0 Å². The first kappa shape index (κ1) is 24.7. The van der Waals surface area contributed by atoms with Crippen molar-refractivity contribution in [1.29, 1.82) is 5.26 Å². The number of anilines is 2. The van der Waals surface area contributed by atoms with Crippen LogP contribution in [-0.4, -0.2) is 40.0 Å². The molecular weight excluding hydrogens is 462 g/mol. The van der Waals surface area contributed by atoms with Gasteiger partial charge in [-0.05, 0) is 79.3 Å². The molecule has 3 aromatic rings. The molecule has 1 amide bonds. The Hall–Kier alpha value is -3.99. The lowest BCUT2D eigenvalue weighted by Crippen LogP contribution is -2.40. The Bertz CT molecular complexity index is 1270. The minimum absolute atomic E-state index is 0.353. The number of nitrogens with two attached hydrogens (primary N) is 1. The second kappa shape index (κ2) is 11.4. The lowest BCUT2D eigenvalue weighted by Gasteiger charge is -2.39. The first-order valence-electron chi connectivity index (χ1n) is 13.2. The van der Waals surface area contributed by atoms with Crippen molar-refractivity contribution < 1.29 is 4.79 Å². The van der Waals surface area contributed by atoms with Crippen LogP contribution in [0.5, 0.6) is 0 Å². The number of nitriles is 1. The van der Waals surface area contributed by atoms with E-state index in [0.717, 1.165) is 48.7 Å². The molecule has 1 aliphatic carbocycles. The molecule has 3 N–H and O–H groups in total. The highest BCUT2D eigenvalue weighted by molar-refractivity contribution is 5.94. The third-order valence-electron chi connectivity index (χ3n) is 7.71. The highest BCUT2D eigenvalue weighted by Crippen LogP contribution is 2.35. The van der Waals surface area contributed by atoms with Gasteiger partial charge in [0, 0.05) is 30.9 Å². The van der Waals surface area contributed by atoms with E-state index in [9.17, 15) is 4.79 Å². The standard InChI is InChI=1S/C29H33N7O/c30-16-25-17-34-28(18-33-25)36-12-4-5-20(19-36)13-23-6-1-2-9-26(23)35-27-15-22(10-11-32-27)21-7-3-8-24(14-21)29(31)37/h3,7-8,10-11,14-15,17-18,20,23,26H,1-2,4-6,9,12-13,19H2,(H2,31,37)(H,32,35)/t20-,23+,26-/m1/s1. The number of amides is 1. The van der Waals surface area contributed by atoms with E-state index in [1.165, 1.54) is 32.1 Å². The van der Waals surface area contributed by atoms with Gasteiger partial charge in [0.25, 0.3) is 0 Å². The molecule has 37 heavy (non-hydrogen) atoms. The molecule has 1 aromatic carbocycles. The second-order valence-electron chi connectivity index (χ2n) is 10.2. The SMILES string of the molecule is N#Cc1cnc(N2CCC[C@H](C[C@@H]3CCCC[C@H]3Nc3cc(-c4cccc(C(N)=O)c4)ccn3)C2)cn1. The topological polar surface area (TPSA) is 121 Å². The van der Waals surface area contributed by atoms with E-state index < -0.39 is 5.91 Å². The van der Waals surface area contributed by atoms with Crippen molar-refractivity contribution in [2.45, 2.75) is 51.0 Å². The van der Waals surface area contributed by atoms with E-state index in [2.05, 4.69) is 31.2 Å². The van der Waals surface area contributed by atoms with Crippen molar-refractivity contribution in [2.24, 2.45) is 17.6 Å². The molecule has 1 saturated carbocycles. The van der Waals surface area contributed by atoms with Crippen LogP contribution in [-0.2, 0) is 0 Å². The van der Waals surface area contributed by atoms with E-state index in [-0.39, 0.29) is 0 Å². The number of carbonyl (C=O) groups excluding carboxylic acids is 1. The van der Waals surface area contributed by atoms with E-state index in [4.69, 9.17) is 11.0 Å². The van der Waals surface area contributed by atoms with E-state index in [0.29, 0.717) is 29.1 Å². The largest absolute Gasteiger partial charge is 0.367 e. The maximum atomic E-state index is 11.6. The quantitative estimate of drug-likeness (QED) is 0.483. The number of pyridine rings is 1. The summed E-state index contributed by atoms with van der Waals surface area (Å²) >= 11 is 0. The number of nitrogens with zero attached hydrogens (tertiary/aromatic N) is 5. The molecule has 0 spiro atoms. The average Bonchev–Trinajstić information content (AvgIpc) is 2.94.